The highest BCUT2D eigenvalue weighted by molar-refractivity contribution is 5.94. The van der Waals surface area contributed by atoms with E-state index < -0.39 is 12.0 Å². The summed E-state index contributed by atoms with van der Waals surface area (Å²) in [5.41, 5.74) is 2.78. The van der Waals surface area contributed by atoms with Crippen LogP contribution in [0.15, 0.2) is 65.6 Å². The fourth-order valence-electron chi connectivity index (χ4n) is 4.31. The van der Waals surface area contributed by atoms with Gasteiger partial charge in [-0.25, -0.2) is 14.2 Å². The number of aromatic carboxylic acids is 1. The Morgan fingerprint density at radius 2 is 1.88 bits per heavy atom. The lowest BCUT2D eigenvalue weighted by atomic mass is 10.1. The van der Waals surface area contributed by atoms with Crippen molar-refractivity contribution in [2.75, 3.05) is 10.2 Å². The molecular formula is C25H21FN4O4. The molecule has 1 aliphatic heterocycles. The van der Waals surface area contributed by atoms with Crippen molar-refractivity contribution in [2.24, 2.45) is 0 Å². The number of nitrogens with one attached hydrogen (secondary N) is 1. The summed E-state index contributed by atoms with van der Waals surface area (Å²) >= 11 is 0. The highest BCUT2D eigenvalue weighted by atomic mass is 19.1. The number of benzene rings is 2. The number of aromatic nitrogens is 2. The Balaban J connectivity index is 1.56. The van der Waals surface area contributed by atoms with Gasteiger partial charge in [0.1, 0.15) is 23.0 Å². The molecule has 1 atom stereocenters. The molecule has 0 aliphatic carbocycles. The third-order valence-electron chi connectivity index (χ3n) is 5.97. The number of carboxylic acids is 1. The first-order chi connectivity index (χ1) is 16.3. The van der Waals surface area contributed by atoms with Gasteiger partial charge in [0.2, 0.25) is 0 Å². The van der Waals surface area contributed by atoms with Crippen LogP contribution < -0.4 is 15.8 Å². The number of hydrogen-bond acceptors (Lipinski definition) is 6. The molecule has 9 heteroatoms. The number of carbonyl (C=O) groups is 1. The van der Waals surface area contributed by atoms with E-state index in [-0.39, 0.29) is 22.7 Å². The van der Waals surface area contributed by atoms with Crippen molar-refractivity contribution in [2.45, 2.75) is 26.1 Å². The van der Waals surface area contributed by atoms with Gasteiger partial charge in [-0.05, 0) is 48.4 Å². The van der Waals surface area contributed by atoms with Gasteiger partial charge in [-0.3, -0.25) is 9.20 Å². The molecule has 0 radical (unpaired) electrons. The van der Waals surface area contributed by atoms with E-state index in [4.69, 9.17) is 4.98 Å². The third kappa shape index (κ3) is 3.81. The molecule has 0 fully saturated rings. The van der Waals surface area contributed by atoms with Crippen molar-refractivity contribution >= 4 is 23.1 Å². The number of hydrogen-bond donors (Lipinski definition) is 3. The summed E-state index contributed by atoms with van der Waals surface area (Å²) < 4.78 is 14.9. The highest BCUT2D eigenvalue weighted by Crippen LogP contribution is 2.30. The fourth-order valence-corrected chi connectivity index (χ4v) is 4.31. The molecule has 2 aromatic heterocycles. The van der Waals surface area contributed by atoms with Crippen molar-refractivity contribution in [3.05, 3.63) is 99.2 Å². The van der Waals surface area contributed by atoms with Crippen LogP contribution in [-0.4, -0.2) is 25.6 Å². The van der Waals surface area contributed by atoms with Crippen LogP contribution in [0.2, 0.25) is 0 Å². The number of para-hydroxylation sites is 1. The lowest BCUT2D eigenvalue weighted by Crippen LogP contribution is -2.23. The first-order valence-corrected chi connectivity index (χ1v) is 10.7. The van der Waals surface area contributed by atoms with E-state index in [2.05, 4.69) is 5.32 Å². The van der Waals surface area contributed by atoms with Gasteiger partial charge in [0, 0.05) is 30.4 Å². The molecule has 8 nitrogen and oxygen atoms in total. The van der Waals surface area contributed by atoms with Crippen molar-refractivity contribution in [1.29, 1.82) is 0 Å². The Hall–Kier alpha value is -4.40. The molecule has 172 valence electrons. The Labute approximate surface area is 193 Å². The maximum Gasteiger partial charge on any atom is 0.337 e. The second-order valence-corrected chi connectivity index (χ2v) is 8.29. The number of fused-ring (bicyclic) bond motifs is 2. The summed E-state index contributed by atoms with van der Waals surface area (Å²) in [6.45, 7) is 2.70. The Morgan fingerprint density at radius 3 is 2.68 bits per heavy atom. The largest absolute Gasteiger partial charge is 0.506 e. The van der Waals surface area contributed by atoms with Crippen molar-refractivity contribution in [3.63, 3.8) is 0 Å². The first-order valence-electron chi connectivity index (χ1n) is 10.7. The van der Waals surface area contributed by atoms with Crippen LogP contribution in [0.4, 0.5) is 15.9 Å². The van der Waals surface area contributed by atoms with E-state index in [1.54, 1.807) is 31.2 Å². The SMILES string of the molecule is C[C@@H](Nc1ccccc1C(=O)O)c1cc(O)cn2c(=O)cc(N3Cc4ccc(F)cc4C3)nc12. The number of rotatable bonds is 5. The van der Waals surface area contributed by atoms with E-state index in [0.717, 1.165) is 11.1 Å². The van der Waals surface area contributed by atoms with Gasteiger partial charge in [0.05, 0.1) is 17.8 Å². The summed E-state index contributed by atoms with van der Waals surface area (Å²) in [5, 5.41) is 22.9. The van der Waals surface area contributed by atoms with Gasteiger partial charge in [-0.2, -0.15) is 0 Å². The van der Waals surface area contributed by atoms with Crippen molar-refractivity contribution in [1.82, 2.24) is 9.38 Å². The zero-order chi connectivity index (χ0) is 24.0. The zero-order valence-electron chi connectivity index (χ0n) is 18.2. The van der Waals surface area contributed by atoms with Gasteiger partial charge in [-0.15, -0.1) is 0 Å². The quantitative estimate of drug-likeness (QED) is 0.414. The first kappa shape index (κ1) is 21.4. The minimum absolute atomic E-state index is 0.103. The standard InChI is InChI=1S/C25H21FN4O4/c1-14(27-21-5-3-2-4-19(21)25(33)34)20-9-18(31)13-30-23(32)10-22(28-24(20)30)29-11-15-6-7-17(26)8-16(15)12-29/h2-10,13-14,27,31H,11-12H2,1H3,(H,33,34)/t14-/m1/s1. The topological polar surface area (TPSA) is 107 Å². The summed E-state index contributed by atoms with van der Waals surface area (Å²) in [7, 11) is 0. The van der Waals surface area contributed by atoms with Crippen LogP contribution in [0.5, 0.6) is 5.75 Å². The normalized spacial score (nSPS) is 13.6. The van der Waals surface area contributed by atoms with E-state index in [1.807, 2.05) is 4.90 Å². The molecule has 0 saturated carbocycles. The summed E-state index contributed by atoms with van der Waals surface area (Å²) in [6, 6.07) is 13.5. The molecular weight excluding hydrogens is 439 g/mol. The van der Waals surface area contributed by atoms with Crippen LogP contribution in [0.25, 0.3) is 5.65 Å². The summed E-state index contributed by atoms with van der Waals surface area (Å²) in [5.74, 6) is -1.07. The maximum absolute atomic E-state index is 13.6. The van der Waals surface area contributed by atoms with Crippen LogP contribution >= 0.6 is 0 Å². The summed E-state index contributed by atoms with van der Waals surface area (Å²) in [4.78, 5) is 31.1. The zero-order valence-corrected chi connectivity index (χ0v) is 18.2. The molecule has 3 heterocycles. The van der Waals surface area contributed by atoms with Gasteiger partial charge in [-0.1, -0.05) is 18.2 Å². The monoisotopic (exact) mass is 460 g/mol. The third-order valence-corrected chi connectivity index (χ3v) is 5.97. The minimum Gasteiger partial charge on any atom is -0.506 e. The number of pyridine rings is 1. The lowest BCUT2D eigenvalue weighted by molar-refractivity contribution is 0.0698. The lowest BCUT2D eigenvalue weighted by Gasteiger charge is -2.21. The molecule has 4 aromatic rings. The van der Waals surface area contributed by atoms with Crippen LogP contribution in [-0.2, 0) is 13.1 Å². The second-order valence-electron chi connectivity index (χ2n) is 8.29. The Kier molecular flexibility index (Phi) is 5.16. The predicted molar refractivity (Wildman–Crippen MR) is 125 cm³/mol. The molecule has 0 unspecified atom stereocenters. The molecule has 0 saturated heterocycles. The molecule has 1 aliphatic rings. The van der Waals surface area contributed by atoms with Crippen molar-refractivity contribution < 1.29 is 19.4 Å². The average Bonchev–Trinajstić information content (AvgIpc) is 3.22. The number of halogens is 1. The molecule has 3 N–H and O–H groups in total. The van der Waals surface area contributed by atoms with E-state index in [1.165, 1.54) is 40.9 Å². The number of nitrogens with zero attached hydrogens (tertiary/aromatic N) is 3. The molecule has 0 bridgehead atoms. The van der Waals surface area contributed by atoms with E-state index in [9.17, 15) is 24.2 Å². The number of aromatic hydroxyl groups is 1. The van der Waals surface area contributed by atoms with E-state index in [0.29, 0.717) is 35.8 Å². The fraction of sp³-hybridized carbons (Fsp3) is 0.160. The molecule has 34 heavy (non-hydrogen) atoms. The Bertz CT molecular complexity index is 1500. The van der Waals surface area contributed by atoms with Crippen LogP contribution in [0.1, 0.15) is 40.0 Å². The number of anilines is 2. The second kappa shape index (κ2) is 8.18. The van der Waals surface area contributed by atoms with Crippen LogP contribution in [0, 0.1) is 5.82 Å². The van der Waals surface area contributed by atoms with Gasteiger partial charge in [0.15, 0.2) is 0 Å². The average molecular weight is 460 g/mol. The maximum atomic E-state index is 13.6. The van der Waals surface area contributed by atoms with Gasteiger partial charge >= 0.3 is 5.97 Å². The predicted octanol–water partition coefficient (Wildman–Crippen LogP) is 3.93. The van der Waals surface area contributed by atoms with Gasteiger partial charge < -0.3 is 20.4 Å². The Morgan fingerprint density at radius 1 is 1.12 bits per heavy atom. The molecule has 5 rings (SSSR count). The highest BCUT2D eigenvalue weighted by Gasteiger charge is 2.23. The molecule has 2 aromatic carbocycles. The minimum atomic E-state index is -1.07. The molecule has 0 spiro atoms. The number of carboxylic acid groups (broad SMARTS) is 1. The van der Waals surface area contributed by atoms with E-state index >= 15 is 0 Å². The van der Waals surface area contributed by atoms with Crippen molar-refractivity contribution in [3.8, 4) is 5.75 Å². The molecule has 0 amide bonds. The van der Waals surface area contributed by atoms with Gasteiger partial charge in [0.25, 0.3) is 5.56 Å². The van der Waals surface area contributed by atoms with Crippen LogP contribution in [0.3, 0.4) is 0 Å². The summed E-state index contributed by atoms with van der Waals surface area (Å²) in [6.07, 6.45) is 1.30. The smallest absolute Gasteiger partial charge is 0.337 e.